The number of hydrogen-bond acceptors (Lipinski definition) is 6. The van der Waals surface area contributed by atoms with Gasteiger partial charge in [0.2, 0.25) is 11.8 Å². The van der Waals surface area contributed by atoms with Crippen LogP contribution < -0.4 is 0 Å². The summed E-state index contributed by atoms with van der Waals surface area (Å²) in [5, 5.41) is 15.4. The smallest absolute Gasteiger partial charge is 0.335 e. The molecule has 0 aliphatic heterocycles. The van der Waals surface area contributed by atoms with Gasteiger partial charge in [-0.15, -0.1) is 10.2 Å². The van der Waals surface area contributed by atoms with E-state index in [9.17, 15) is 13.2 Å². The molecule has 0 saturated carbocycles. The van der Waals surface area contributed by atoms with Crippen LogP contribution in [0.25, 0.3) is 11.5 Å². The molecule has 0 aliphatic carbocycles. The van der Waals surface area contributed by atoms with E-state index < -0.39 is 21.1 Å². The molecule has 1 heterocycles. The molecule has 1 unspecified atom stereocenters. The van der Waals surface area contributed by atoms with Crippen LogP contribution in [0, 0.1) is 0 Å². The van der Waals surface area contributed by atoms with Crippen LogP contribution in [0.15, 0.2) is 28.7 Å². The number of rotatable bonds is 4. The minimum atomic E-state index is -3.34. The highest BCUT2D eigenvalue weighted by Crippen LogP contribution is 2.24. The van der Waals surface area contributed by atoms with Gasteiger partial charge in [0.15, 0.2) is 9.84 Å². The first kappa shape index (κ1) is 14.2. The van der Waals surface area contributed by atoms with Gasteiger partial charge in [0, 0.05) is 11.8 Å². The molecule has 2 aromatic rings. The summed E-state index contributed by atoms with van der Waals surface area (Å²) in [4.78, 5) is 10.9. The van der Waals surface area contributed by atoms with Gasteiger partial charge in [0.25, 0.3) is 0 Å². The first-order valence-electron chi connectivity index (χ1n) is 5.65. The average Bonchev–Trinajstić information content (AvgIpc) is 2.86. The Morgan fingerprint density at radius 3 is 2.65 bits per heavy atom. The van der Waals surface area contributed by atoms with Crippen LogP contribution in [0.1, 0.15) is 28.4 Å². The number of hydrogen-bond donors (Lipinski definition) is 1. The monoisotopic (exact) mass is 296 g/mol. The van der Waals surface area contributed by atoms with Crippen molar-refractivity contribution in [1.82, 2.24) is 10.2 Å². The molecule has 2 rings (SSSR count). The molecule has 0 spiro atoms. The maximum atomic E-state index is 11.4. The van der Waals surface area contributed by atoms with Gasteiger partial charge in [-0.25, -0.2) is 13.2 Å². The quantitative estimate of drug-likeness (QED) is 0.910. The highest BCUT2D eigenvalue weighted by atomic mass is 32.2. The van der Waals surface area contributed by atoms with E-state index in [0.717, 1.165) is 6.26 Å². The van der Waals surface area contributed by atoms with Gasteiger partial charge in [-0.3, -0.25) is 0 Å². The zero-order valence-electron chi connectivity index (χ0n) is 10.8. The Labute approximate surface area is 115 Å². The fourth-order valence-corrected chi connectivity index (χ4v) is 1.95. The fraction of sp³-hybridized carbons (Fsp3) is 0.250. The van der Waals surface area contributed by atoms with E-state index in [0.29, 0.717) is 5.56 Å². The summed E-state index contributed by atoms with van der Waals surface area (Å²) in [5.41, 5.74) is 0.503. The van der Waals surface area contributed by atoms with Crippen molar-refractivity contribution in [1.29, 1.82) is 0 Å². The second-order valence-corrected chi connectivity index (χ2v) is 6.67. The Morgan fingerprint density at radius 2 is 2.05 bits per heavy atom. The predicted molar refractivity (Wildman–Crippen MR) is 70.0 cm³/mol. The van der Waals surface area contributed by atoms with E-state index in [-0.39, 0.29) is 17.3 Å². The standard InChI is InChI=1S/C12H12N2O5S/c1-7(20(2,17)18)10-13-14-11(19-10)8-4-3-5-9(6-8)12(15)16/h3-7H,1-2H3,(H,15,16). The van der Waals surface area contributed by atoms with Crippen LogP contribution in [0.2, 0.25) is 0 Å². The van der Waals surface area contributed by atoms with Gasteiger partial charge in [-0.05, 0) is 25.1 Å². The summed E-state index contributed by atoms with van der Waals surface area (Å²) >= 11 is 0. The van der Waals surface area contributed by atoms with Crippen molar-refractivity contribution in [2.45, 2.75) is 12.2 Å². The summed E-state index contributed by atoms with van der Waals surface area (Å²) in [5.74, 6) is -1.02. The molecular weight excluding hydrogens is 284 g/mol. The van der Waals surface area contributed by atoms with Crippen LogP contribution in [-0.4, -0.2) is 35.9 Å². The summed E-state index contributed by atoms with van der Waals surface area (Å²) in [6, 6.07) is 5.96. The SMILES string of the molecule is CC(c1nnc(-c2cccc(C(=O)O)c2)o1)S(C)(=O)=O. The molecule has 1 N–H and O–H groups in total. The largest absolute Gasteiger partial charge is 0.478 e. The number of aromatic carboxylic acids is 1. The van der Waals surface area contributed by atoms with E-state index in [1.54, 1.807) is 12.1 Å². The first-order chi connectivity index (χ1) is 9.29. The summed E-state index contributed by atoms with van der Waals surface area (Å²) in [6.07, 6.45) is 1.08. The van der Waals surface area contributed by atoms with Crippen LogP contribution in [0.4, 0.5) is 0 Å². The number of aromatic nitrogens is 2. The zero-order chi connectivity index (χ0) is 14.9. The first-order valence-corrected chi connectivity index (χ1v) is 7.60. The predicted octanol–water partition coefficient (Wildman–Crippen LogP) is 1.54. The number of carboxylic acid groups (broad SMARTS) is 1. The van der Waals surface area contributed by atoms with Crippen molar-refractivity contribution in [2.75, 3.05) is 6.26 Å². The number of sulfone groups is 1. The third-order valence-corrected chi connectivity index (χ3v) is 4.27. The van der Waals surface area contributed by atoms with Gasteiger partial charge in [-0.1, -0.05) is 6.07 Å². The van der Waals surface area contributed by atoms with Crippen molar-refractivity contribution in [3.63, 3.8) is 0 Å². The normalized spacial score (nSPS) is 13.1. The Morgan fingerprint density at radius 1 is 1.35 bits per heavy atom. The fourth-order valence-electron chi connectivity index (χ4n) is 1.48. The number of carbonyl (C=O) groups is 1. The lowest BCUT2D eigenvalue weighted by Crippen LogP contribution is -2.07. The summed E-state index contributed by atoms with van der Waals surface area (Å²) < 4.78 is 28.1. The van der Waals surface area contributed by atoms with E-state index in [2.05, 4.69) is 10.2 Å². The molecular formula is C12H12N2O5S. The molecule has 0 amide bonds. The Kier molecular flexibility index (Phi) is 3.58. The maximum absolute atomic E-state index is 11.4. The van der Waals surface area contributed by atoms with E-state index in [1.165, 1.54) is 19.1 Å². The Bertz CT molecular complexity index is 751. The highest BCUT2D eigenvalue weighted by molar-refractivity contribution is 7.90. The van der Waals surface area contributed by atoms with Crippen LogP contribution in [0.3, 0.4) is 0 Å². The molecule has 8 heteroatoms. The Hall–Kier alpha value is -2.22. The molecule has 7 nitrogen and oxygen atoms in total. The second kappa shape index (κ2) is 5.04. The number of carboxylic acids is 1. The third-order valence-electron chi connectivity index (χ3n) is 2.79. The Balaban J connectivity index is 2.39. The lowest BCUT2D eigenvalue weighted by Gasteiger charge is -2.02. The van der Waals surface area contributed by atoms with Crippen LogP contribution >= 0.6 is 0 Å². The lowest BCUT2D eigenvalue weighted by atomic mass is 10.1. The molecule has 1 atom stereocenters. The maximum Gasteiger partial charge on any atom is 0.335 e. The molecule has 0 radical (unpaired) electrons. The summed E-state index contributed by atoms with van der Waals surface area (Å²) in [6.45, 7) is 1.44. The molecule has 1 aromatic heterocycles. The van der Waals surface area contributed by atoms with Gasteiger partial charge < -0.3 is 9.52 Å². The van der Waals surface area contributed by atoms with Crippen molar-refractivity contribution in [2.24, 2.45) is 0 Å². The van der Waals surface area contributed by atoms with Crippen LogP contribution in [0.5, 0.6) is 0 Å². The molecule has 0 bridgehead atoms. The van der Waals surface area contributed by atoms with E-state index in [1.807, 2.05) is 0 Å². The van der Waals surface area contributed by atoms with Gasteiger partial charge in [0.05, 0.1) is 5.56 Å². The number of benzene rings is 1. The molecule has 0 saturated heterocycles. The zero-order valence-corrected chi connectivity index (χ0v) is 11.6. The van der Waals surface area contributed by atoms with Crippen molar-refractivity contribution < 1.29 is 22.7 Å². The van der Waals surface area contributed by atoms with E-state index in [4.69, 9.17) is 9.52 Å². The highest BCUT2D eigenvalue weighted by Gasteiger charge is 2.24. The van der Waals surface area contributed by atoms with Gasteiger partial charge in [0.1, 0.15) is 5.25 Å². The van der Waals surface area contributed by atoms with Crippen molar-refractivity contribution in [3.8, 4) is 11.5 Å². The molecule has 0 fully saturated rings. The average molecular weight is 296 g/mol. The molecule has 0 aliphatic rings. The van der Waals surface area contributed by atoms with Gasteiger partial charge >= 0.3 is 5.97 Å². The minimum absolute atomic E-state index is 0.0248. The molecule has 1 aromatic carbocycles. The molecule has 106 valence electrons. The molecule has 20 heavy (non-hydrogen) atoms. The lowest BCUT2D eigenvalue weighted by molar-refractivity contribution is 0.0697. The van der Waals surface area contributed by atoms with Crippen LogP contribution in [-0.2, 0) is 9.84 Å². The third kappa shape index (κ3) is 2.85. The number of nitrogens with zero attached hydrogens (tertiary/aromatic N) is 2. The van der Waals surface area contributed by atoms with Crippen molar-refractivity contribution >= 4 is 15.8 Å². The van der Waals surface area contributed by atoms with Crippen molar-refractivity contribution in [3.05, 3.63) is 35.7 Å². The minimum Gasteiger partial charge on any atom is -0.478 e. The topological polar surface area (TPSA) is 110 Å². The van der Waals surface area contributed by atoms with Gasteiger partial charge in [-0.2, -0.15) is 0 Å². The van der Waals surface area contributed by atoms with E-state index >= 15 is 0 Å². The second-order valence-electron chi connectivity index (χ2n) is 4.30. The summed E-state index contributed by atoms with van der Waals surface area (Å²) in [7, 11) is -3.34.